The third kappa shape index (κ3) is 2.93. The molecule has 4 heteroatoms. The summed E-state index contributed by atoms with van der Waals surface area (Å²) in [7, 11) is 1.66. The number of ketones is 1. The molecule has 0 aliphatic heterocycles. The minimum Gasteiger partial charge on any atom is -0.497 e. The van der Waals surface area contributed by atoms with Crippen molar-refractivity contribution in [1.29, 1.82) is 0 Å². The van der Waals surface area contributed by atoms with Gasteiger partial charge in [0.15, 0.2) is 0 Å². The van der Waals surface area contributed by atoms with Crippen molar-refractivity contribution in [3.8, 4) is 5.75 Å². The fraction of sp³-hybridized carbons (Fsp3) is 0.636. The van der Waals surface area contributed by atoms with Crippen molar-refractivity contribution >= 4 is 11.7 Å². The Morgan fingerprint density at radius 2 is 1.81 bits per heavy atom. The van der Waals surface area contributed by atoms with Gasteiger partial charge in [-0.1, -0.05) is 19.1 Å². The molecule has 4 aliphatic carbocycles. The molecule has 4 aliphatic rings. The average molecular weight is 355 g/mol. The van der Waals surface area contributed by atoms with Crippen LogP contribution in [0.4, 0.5) is 0 Å². The largest absolute Gasteiger partial charge is 0.497 e. The number of hydrogen-bond acceptors (Lipinski definition) is 3. The first kappa shape index (κ1) is 17.6. The summed E-state index contributed by atoms with van der Waals surface area (Å²) in [6.07, 6.45) is 5.58. The predicted molar refractivity (Wildman–Crippen MR) is 99.7 cm³/mol. The molecule has 4 bridgehead atoms. The molecule has 0 radical (unpaired) electrons. The number of carbonyl (C=O) groups is 2. The van der Waals surface area contributed by atoms with Gasteiger partial charge >= 0.3 is 0 Å². The highest BCUT2D eigenvalue weighted by atomic mass is 16.5. The molecule has 0 spiro atoms. The summed E-state index contributed by atoms with van der Waals surface area (Å²) in [5.74, 6) is 2.45. The van der Waals surface area contributed by atoms with Gasteiger partial charge in [-0.3, -0.25) is 9.59 Å². The minimum atomic E-state index is -0.272. The van der Waals surface area contributed by atoms with Gasteiger partial charge in [-0.25, -0.2) is 0 Å². The molecule has 1 aromatic rings. The third-order valence-corrected chi connectivity index (χ3v) is 6.76. The van der Waals surface area contributed by atoms with Crippen molar-refractivity contribution in [2.24, 2.45) is 23.2 Å². The van der Waals surface area contributed by atoms with E-state index in [2.05, 4.69) is 6.92 Å². The molecule has 0 aromatic heterocycles. The van der Waals surface area contributed by atoms with E-state index in [0.29, 0.717) is 24.2 Å². The van der Waals surface area contributed by atoms with Gasteiger partial charge in [0, 0.05) is 24.9 Å². The van der Waals surface area contributed by atoms with Crippen LogP contribution >= 0.6 is 0 Å². The number of carbonyl (C=O) groups excluding carboxylic acids is 2. The number of methoxy groups -OCH3 is 1. The number of benzene rings is 1. The zero-order valence-electron chi connectivity index (χ0n) is 15.9. The second kappa shape index (κ2) is 6.71. The van der Waals surface area contributed by atoms with E-state index in [9.17, 15) is 9.59 Å². The number of Topliss-reactive ketones (excluding diaryl/α,β-unsaturated/α-hetero) is 1. The Morgan fingerprint density at radius 3 is 2.38 bits per heavy atom. The van der Waals surface area contributed by atoms with Crippen LogP contribution in [0.25, 0.3) is 0 Å². The number of ether oxygens (including phenoxy) is 1. The first-order chi connectivity index (χ1) is 12.5. The summed E-state index contributed by atoms with van der Waals surface area (Å²) in [6.45, 7) is 3.55. The van der Waals surface area contributed by atoms with Crippen molar-refractivity contribution in [2.45, 2.75) is 52.0 Å². The molecule has 26 heavy (non-hydrogen) atoms. The smallest absolute Gasteiger partial charge is 0.229 e. The van der Waals surface area contributed by atoms with Crippen LogP contribution in [0.5, 0.6) is 5.75 Å². The van der Waals surface area contributed by atoms with Gasteiger partial charge in [0.25, 0.3) is 0 Å². The van der Waals surface area contributed by atoms with Gasteiger partial charge in [-0.15, -0.1) is 0 Å². The summed E-state index contributed by atoms with van der Waals surface area (Å²) in [5, 5.41) is 0. The maximum atomic E-state index is 13.6. The van der Waals surface area contributed by atoms with Gasteiger partial charge in [-0.2, -0.15) is 0 Å². The van der Waals surface area contributed by atoms with Crippen LogP contribution in [0.2, 0.25) is 0 Å². The second-order valence-corrected chi connectivity index (χ2v) is 8.60. The van der Waals surface area contributed by atoms with Crippen LogP contribution in [0.15, 0.2) is 24.3 Å². The lowest BCUT2D eigenvalue weighted by atomic mass is 9.48. The van der Waals surface area contributed by atoms with Gasteiger partial charge in [0.05, 0.1) is 12.5 Å². The molecule has 4 nitrogen and oxygen atoms in total. The Kier molecular flexibility index (Phi) is 4.54. The lowest BCUT2D eigenvalue weighted by Gasteiger charge is -2.55. The highest BCUT2D eigenvalue weighted by Crippen LogP contribution is 2.59. The maximum absolute atomic E-state index is 13.6. The SMILES string of the molecule is CCCN(Cc1ccc(OC)cc1)C(=O)C12CC3C[C@@H](C1)C(=O)[C@@H](C3)C2. The molecule has 5 rings (SSSR count). The summed E-state index contributed by atoms with van der Waals surface area (Å²) in [4.78, 5) is 28.1. The summed E-state index contributed by atoms with van der Waals surface area (Å²) in [6, 6.07) is 7.98. The number of rotatable bonds is 6. The van der Waals surface area contributed by atoms with Crippen LogP contribution < -0.4 is 4.74 Å². The molecule has 140 valence electrons. The maximum Gasteiger partial charge on any atom is 0.229 e. The highest BCUT2D eigenvalue weighted by Gasteiger charge is 2.58. The predicted octanol–water partition coefficient (Wildman–Crippen LogP) is 3.83. The van der Waals surface area contributed by atoms with E-state index in [4.69, 9.17) is 4.74 Å². The van der Waals surface area contributed by atoms with Gasteiger partial charge in [-0.05, 0) is 62.1 Å². The van der Waals surface area contributed by atoms with Crippen molar-refractivity contribution in [3.05, 3.63) is 29.8 Å². The van der Waals surface area contributed by atoms with Crippen LogP contribution in [0.3, 0.4) is 0 Å². The molecule has 4 saturated carbocycles. The Balaban J connectivity index is 1.54. The lowest BCUT2D eigenvalue weighted by molar-refractivity contribution is -0.164. The van der Waals surface area contributed by atoms with Gasteiger partial charge in [0.1, 0.15) is 11.5 Å². The van der Waals surface area contributed by atoms with Crippen LogP contribution in [0, 0.1) is 23.2 Å². The first-order valence-electron chi connectivity index (χ1n) is 10.0. The fourth-order valence-corrected chi connectivity index (χ4v) is 5.82. The summed E-state index contributed by atoms with van der Waals surface area (Å²) < 4.78 is 5.23. The van der Waals surface area contributed by atoms with Gasteiger partial charge < -0.3 is 9.64 Å². The molecular weight excluding hydrogens is 326 g/mol. The molecule has 2 atom stereocenters. The molecule has 1 aromatic carbocycles. The monoisotopic (exact) mass is 355 g/mol. The molecule has 0 N–H and O–H groups in total. The van der Waals surface area contributed by atoms with E-state index in [0.717, 1.165) is 56.4 Å². The van der Waals surface area contributed by atoms with E-state index < -0.39 is 0 Å². The Morgan fingerprint density at radius 1 is 1.15 bits per heavy atom. The van der Waals surface area contributed by atoms with Crippen molar-refractivity contribution in [2.75, 3.05) is 13.7 Å². The first-order valence-corrected chi connectivity index (χ1v) is 10.0. The third-order valence-electron chi connectivity index (χ3n) is 6.76. The van der Waals surface area contributed by atoms with E-state index in [-0.39, 0.29) is 17.3 Å². The van der Waals surface area contributed by atoms with Crippen LogP contribution in [0.1, 0.15) is 51.0 Å². The number of nitrogens with zero attached hydrogens (tertiary/aromatic N) is 1. The topological polar surface area (TPSA) is 46.6 Å². The lowest BCUT2D eigenvalue weighted by Crippen LogP contribution is -2.57. The summed E-state index contributed by atoms with van der Waals surface area (Å²) in [5.41, 5.74) is 0.861. The highest BCUT2D eigenvalue weighted by molar-refractivity contribution is 5.91. The molecule has 4 fully saturated rings. The van der Waals surface area contributed by atoms with Crippen molar-refractivity contribution in [1.82, 2.24) is 4.90 Å². The molecular formula is C22H29NO3. The Bertz CT molecular complexity index is 678. The standard InChI is InChI=1S/C22H29NO3/c1-3-8-23(14-15-4-6-19(26-2)7-5-15)21(25)22-11-16-9-17(12-22)20(24)18(10-16)13-22/h4-7,16-18H,3,8-14H2,1-2H3/t16?,17-,18-,22?/m0/s1. The summed E-state index contributed by atoms with van der Waals surface area (Å²) >= 11 is 0. The van der Waals surface area contributed by atoms with Crippen LogP contribution in [-0.4, -0.2) is 30.2 Å². The van der Waals surface area contributed by atoms with Crippen molar-refractivity contribution in [3.63, 3.8) is 0 Å². The minimum absolute atomic E-state index is 0.148. The Labute approximate surface area is 155 Å². The second-order valence-electron chi connectivity index (χ2n) is 8.60. The molecule has 0 saturated heterocycles. The normalized spacial score (nSPS) is 31.9. The molecule has 0 heterocycles. The zero-order valence-corrected chi connectivity index (χ0v) is 15.9. The van der Waals surface area contributed by atoms with E-state index in [1.807, 2.05) is 29.2 Å². The van der Waals surface area contributed by atoms with E-state index in [1.54, 1.807) is 7.11 Å². The zero-order chi connectivity index (χ0) is 18.3. The van der Waals surface area contributed by atoms with Crippen LogP contribution in [-0.2, 0) is 16.1 Å². The fourth-order valence-electron chi connectivity index (χ4n) is 5.82. The Hall–Kier alpha value is -1.84. The van der Waals surface area contributed by atoms with Gasteiger partial charge in [0.2, 0.25) is 5.91 Å². The van der Waals surface area contributed by atoms with E-state index in [1.165, 1.54) is 0 Å². The molecule has 0 unspecified atom stereocenters. The average Bonchev–Trinajstić information content (AvgIpc) is 2.65. The molecule has 1 amide bonds. The quantitative estimate of drug-likeness (QED) is 0.779. The van der Waals surface area contributed by atoms with E-state index >= 15 is 0 Å². The number of hydrogen-bond donors (Lipinski definition) is 0. The van der Waals surface area contributed by atoms with Crippen molar-refractivity contribution < 1.29 is 14.3 Å². The number of amides is 1.